The zero-order chi connectivity index (χ0) is 9.84. The van der Waals surface area contributed by atoms with Crippen molar-refractivity contribution in [2.75, 3.05) is 0 Å². The minimum absolute atomic E-state index is 0.153. The van der Waals surface area contributed by atoms with Gasteiger partial charge in [-0.25, -0.2) is 0 Å². The van der Waals surface area contributed by atoms with Crippen LogP contribution in [-0.4, -0.2) is 16.8 Å². The third kappa shape index (κ3) is 2.93. The van der Waals surface area contributed by atoms with E-state index in [1.165, 1.54) is 6.07 Å². The van der Waals surface area contributed by atoms with E-state index in [9.17, 15) is 8.78 Å². The lowest BCUT2D eigenvalue weighted by atomic mass is 10.1. The first kappa shape index (κ1) is 9.83. The Morgan fingerprint density at radius 2 is 1.92 bits per heavy atom. The Kier molecular flexibility index (Phi) is 3.11. The van der Waals surface area contributed by atoms with E-state index in [4.69, 9.17) is 0 Å². The third-order valence-electron chi connectivity index (χ3n) is 1.46. The highest BCUT2D eigenvalue weighted by Gasteiger charge is 2.06. The maximum atomic E-state index is 11.7. The molecule has 1 heterocycles. The van der Waals surface area contributed by atoms with E-state index in [0.717, 1.165) is 5.69 Å². The largest absolute Gasteiger partial charge is 0.415 e. The number of alkyl halides is 2. The van der Waals surface area contributed by atoms with Crippen molar-refractivity contribution in [1.82, 2.24) is 10.2 Å². The molecule has 0 fully saturated rings. The average Bonchev–Trinajstić information content (AvgIpc) is 2.04. The summed E-state index contributed by atoms with van der Waals surface area (Å²) in [5, 5.41) is 7.21. The standard InChI is InChI=1S/C8H10F2N2O/c1-5(2)6-3-4-7(12-11-6)13-8(9)10/h3-5,8H,1-2H3. The number of nitrogens with zero attached hydrogens (tertiary/aromatic N) is 2. The van der Waals surface area contributed by atoms with Crippen LogP contribution in [0.2, 0.25) is 0 Å². The van der Waals surface area contributed by atoms with Gasteiger partial charge in [-0.2, -0.15) is 13.9 Å². The molecule has 0 saturated heterocycles. The Morgan fingerprint density at radius 3 is 2.31 bits per heavy atom. The molecule has 1 rings (SSSR count). The van der Waals surface area contributed by atoms with Gasteiger partial charge >= 0.3 is 6.61 Å². The molecule has 0 unspecified atom stereocenters. The SMILES string of the molecule is CC(C)c1ccc(OC(F)F)nn1. The lowest BCUT2D eigenvalue weighted by Crippen LogP contribution is -2.05. The quantitative estimate of drug-likeness (QED) is 0.729. The zero-order valence-electron chi connectivity index (χ0n) is 7.37. The van der Waals surface area contributed by atoms with Gasteiger partial charge in [0.2, 0.25) is 5.88 Å². The average molecular weight is 188 g/mol. The lowest BCUT2D eigenvalue weighted by molar-refractivity contribution is -0.0534. The normalized spacial score (nSPS) is 10.9. The molecule has 13 heavy (non-hydrogen) atoms. The van der Waals surface area contributed by atoms with Crippen LogP contribution in [0.5, 0.6) is 5.88 Å². The summed E-state index contributed by atoms with van der Waals surface area (Å²) in [6.45, 7) is 1.04. The molecule has 0 radical (unpaired) electrons. The highest BCUT2D eigenvalue weighted by atomic mass is 19.3. The number of hydrogen-bond donors (Lipinski definition) is 0. The number of hydrogen-bond acceptors (Lipinski definition) is 3. The monoisotopic (exact) mass is 188 g/mol. The summed E-state index contributed by atoms with van der Waals surface area (Å²) >= 11 is 0. The van der Waals surface area contributed by atoms with E-state index in [-0.39, 0.29) is 11.8 Å². The van der Waals surface area contributed by atoms with Gasteiger partial charge in [0.25, 0.3) is 0 Å². The van der Waals surface area contributed by atoms with E-state index >= 15 is 0 Å². The molecule has 1 aromatic heterocycles. The predicted octanol–water partition coefficient (Wildman–Crippen LogP) is 2.20. The molecule has 0 aliphatic carbocycles. The molecule has 0 N–H and O–H groups in total. The van der Waals surface area contributed by atoms with Gasteiger partial charge in [-0.05, 0) is 12.0 Å². The van der Waals surface area contributed by atoms with Crippen LogP contribution in [0.1, 0.15) is 25.5 Å². The van der Waals surface area contributed by atoms with Crippen LogP contribution in [0.3, 0.4) is 0 Å². The summed E-state index contributed by atoms with van der Waals surface area (Å²) < 4.78 is 27.4. The van der Waals surface area contributed by atoms with Crippen molar-refractivity contribution in [3.05, 3.63) is 17.8 Å². The fraction of sp³-hybridized carbons (Fsp3) is 0.500. The molecule has 0 aromatic carbocycles. The molecule has 0 amide bonds. The van der Waals surface area contributed by atoms with Crippen molar-refractivity contribution >= 4 is 0 Å². The molecule has 3 nitrogen and oxygen atoms in total. The second kappa shape index (κ2) is 4.11. The summed E-state index contributed by atoms with van der Waals surface area (Å²) in [4.78, 5) is 0. The molecule has 72 valence electrons. The van der Waals surface area contributed by atoms with Crippen LogP contribution >= 0.6 is 0 Å². The Balaban J connectivity index is 2.70. The Labute approximate surface area is 74.7 Å². The zero-order valence-corrected chi connectivity index (χ0v) is 7.37. The first-order chi connectivity index (χ1) is 6.09. The smallest absolute Gasteiger partial charge is 0.388 e. The van der Waals surface area contributed by atoms with Gasteiger partial charge in [0.05, 0.1) is 5.69 Å². The summed E-state index contributed by atoms with van der Waals surface area (Å²) in [6.07, 6.45) is 0. The highest BCUT2D eigenvalue weighted by Crippen LogP contribution is 2.13. The van der Waals surface area contributed by atoms with Gasteiger partial charge in [-0.1, -0.05) is 13.8 Å². The summed E-state index contributed by atoms with van der Waals surface area (Å²) in [7, 11) is 0. The summed E-state index contributed by atoms with van der Waals surface area (Å²) in [6, 6.07) is 3.00. The maximum Gasteiger partial charge on any atom is 0.388 e. The lowest BCUT2D eigenvalue weighted by Gasteiger charge is -2.04. The summed E-state index contributed by atoms with van der Waals surface area (Å²) in [5.74, 6) is 0.0764. The Morgan fingerprint density at radius 1 is 1.23 bits per heavy atom. The molecule has 0 bridgehead atoms. The van der Waals surface area contributed by atoms with Gasteiger partial charge in [-0.3, -0.25) is 0 Å². The van der Waals surface area contributed by atoms with Crippen molar-refractivity contribution in [2.24, 2.45) is 0 Å². The number of ether oxygens (including phenoxy) is 1. The summed E-state index contributed by atoms with van der Waals surface area (Å²) in [5.41, 5.74) is 0.751. The fourth-order valence-electron chi connectivity index (χ4n) is 0.792. The van der Waals surface area contributed by atoms with Crippen molar-refractivity contribution in [2.45, 2.75) is 26.4 Å². The van der Waals surface area contributed by atoms with Crippen LogP contribution in [-0.2, 0) is 0 Å². The van der Waals surface area contributed by atoms with Gasteiger partial charge in [-0.15, -0.1) is 5.10 Å². The number of rotatable bonds is 3. The van der Waals surface area contributed by atoms with Gasteiger partial charge in [0, 0.05) is 6.07 Å². The van der Waals surface area contributed by atoms with Gasteiger partial charge in [0.15, 0.2) is 0 Å². The van der Waals surface area contributed by atoms with E-state index in [2.05, 4.69) is 14.9 Å². The highest BCUT2D eigenvalue weighted by molar-refractivity contribution is 5.13. The molecule has 0 atom stereocenters. The first-order valence-corrected chi connectivity index (χ1v) is 3.88. The fourth-order valence-corrected chi connectivity index (χ4v) is 0.792. The second-order valence-electron chi connectivity index (χ2n) is 2.83. The van der Waals surface area contributed by atoms with E-state index < -0.39 is 6.61 Å². The molecular formula is C8H10F2N2O. The van der Waals surface area contributed by atoms with Crippen LogP contribution in [0, 0.1) is 0 Å². The number of aromatic nitrogens is 2. The molecule has 0 aliphatic rings. The van der Waals surface area contributed by atoms with Crippen molar-refractivity contribution < 1.29 is 13.5 Å². The minimum Gasteiger partial charge on any atom is -0.415 e. The maximum absolute atomic E-state index is 11.7. The van der Waals surface area contributed by atoms with E-state index in [1.54, 1.807) is 6.07 Å². The van der Waals surface area contributed by atoms with Crippen molar-refractivity contribution in [3.8, 4) is 5.88 Å². The molecule has 5 heteroatoms. The molecule has 0 spiro atoms. The van der Waals surface area contributed by atoms with E-state index in [0.29, 0.717) is 0 Å². The number of halogens is 2. The molecule has 0 saturated carbocycles. The van der Waals surface area contributed by atoms with Crippen molar-refractivity contribution in [3.63, 3.8) is 0 Å². The van der Waals surface area contributed by atoms with Crippen LogP contribution < -0.4 is 4.74 Å². The minimum atomic E-state index is -2.85. The van der Waals surface area contributed by atoms with Crippen LogP contribution in [0.15, 0.2) is 12.1 Å². The molecular weight excluding hydrogens is 178 g/mol. The van der Waals surface area contributed by atoms with Crippen LogP contribution in [0.4, 0.5) is 8.78 Å². The third-order valence-corrected chi connectivity index (χ3v) is 1.46. The Bertz CT molecular complexity index is 261. The van der Waals surface area contributed by atoms with Gasteiger partial charge < -0.3 is 4.74 Å². The first-order valence-electron chi connectivity index (χ1n) is 3.88. The van der Waals surface area contributed by atoms with Crippen LogP contribution in [0.25, 0.3) is 0 Å². The van der Waals surface area contributed by atoms with Crippen molar-refractivity contribution in [1.29, 1.82) is 0 Å². The molecule has 1 aromatic rings. The predicted molar refractivity (Wildman–Crippen MR) is 42.8 cm³/mol. The Hall–Kier alpha value is -1.26. The van der Waals surface area contributed by atoms with Gasteiger partial charge in [0.1, 0.15) is 0 Å². The van der Waals surface area contributed by atoms with E-state index in [1.807, 2.05) is 13.8 Å². The molecule has 0 aliphatic heterocycles. The second-order valence-corrected chi connectivity index (χ2v) is 2.83. The topological polar surface area (TPSA) is 35.0 Å².